The third-order valence-electron chi connectivity index (χ3n) is 4.49. The fraction of sp³-hybridized carbons (Fsp3) is 0.625. The van der Waals surface area contributed by atoms with Crippen LogP contribution in [-0.2, 0) is 0 Å². The quantitative estimate of drug-likeness (QED) is 0.833. The van der Waals surface area contributed by atoms with Crippen molar-refractivity contribution in [2.24, 2.45) is 11.8 Å². The van der Waals surface area contributed by atoms with Crippen molar-refractivity contribution in [1.82, 2.24) is 5.32 Å². The first-order valence-corrected chi connectivity index (χ1v) is 7.43. The summed E-state index contributed by atoms with van der Waals surface area (Å²) in [6, 6.07) is 6.73. The zero-order valence-electron chi connectivity index (χ0n) is 11.7. The molecule has 1 atom stereocenters. The highest BCUT2D eigenvalue weighted by molar-refractivity contribution is 6.31. The van der Waals surface area contributed by atoms with Crippen LogP contribution in [0.4, 0.5) is 0 Å². The van der Waals surface area contributed by atoms with Crippen molar-refractivity contribution in [3.05, 3.63) is 34.3 Å². The first-order chi connectivity index (χ1) is 8.63. The minimum absolute atomic E-state index is 0.455. The number of hydrogen-bond donors (Lipinski definition) is 1. The van der Waals surface area contributed by atoms with Crippen molar-refractivity contribution < 1.29 is 0 Å². The Morgan fingerprint density at radius 3 is 2.50 bits per heavy atom. The number of nitrogens with one attached hydrogen (secondary N) is 1. The van der Waals surface area contributed by atoms with Crippen LogP contribution in [0.15, 0.2) is 18.2 Å². The van der Waals surface area contributed by atoms with Crippen LogP contribution in [0.3, 0.4) is 0 Å². The highest BCUT2D eigenvalue weighted by Gasteiger charge is 2.27. The topological polar surface area (TPSA) is 12.0 Å². The van der Waals surface area contributed by atoms with Gasteiger partial charge in [-0.3, -0.25) is 0 Å². The van der Waals surface area contributed by atoms with Crippen molar-refractivity contribution in [1.29, 1.82) is 0 Å². The lowest BCUT2D eigenvalue weighted by atomic mass is 9.77. The Hall–Kier alpha value is -0.530. The van der Waals surface area contributed by atoms with E-state index in [1.54, 1.807) is 0 Å². The third-order valence-corrected chi connectivity index (χ3v) is 4.90. The molecule has 18 heavy (non-hydrogen) atoms. The van der Waals surface area contributed by atoms with Gasteiger partial charge in [-0.25, -0.2) is 0 Å². The average molecular weight is 266 g/mol. The summed E-state index contributed by atoms with van der Waals surface area (Å²) in [5.41, 5.74) is 2.61. The van der Waals surface area contributed by atoms with Gasteiger partial charge in [0.15, 0.2) is 0 Å². The van der Waals surface area contributed by atoms with Gasteiger partial charge >= 0.3 is 0 Å². The summed E-state index contributed by atoms with van der Waals surface area (Å²) in [7, 11) is 2.07. The van der Waals surface area contributed by atoms with Gasteiger partial charge in [-0.1, -0.05) is 43.5 Å². The molecule has 0 aromatic heterocycles. The number of hydrogen-bond acceptors (Lipinski definition) is 1. The molecule has 1 fully saturated rings. The van der Waals surface area contributed by atoms with E-state index in [1.807, 2.05) is 6.07 Å². The molecular formula is C16H24ClN. The second-order valence-electron chi connectivity index (χ2n) is 5.74. The summed E-state index contributed by atoms with van der Waals surface area (Å²) in [4.78, 5) is 0. The van der Waals surface area contributed by atoms with Crippen LogP contribution in [0.1, 0.15) is 49.8 Å². The molecule has 2 rings (SSSR count). The molecule has 1 nitrogen and oxygen atoms in total. The number of rotatable bonds is 3. The van der Waals surface area contributed by atoms with Gasteiger partial charge < -0.3 is 5.32 Å². The molecule has 0 heterocycles. The van der Waals surface area contributed by atoms with Gasteiger partial charge in [0, 0.05) is 11.1 Å². The molecule has 1 unspecified atom stereocenters. The smallest absolute Gasteiger partial charge is 0.0438 e. The predicted molar refractivity (Wildman–Crippen MR) is 79.1 cm³/mol. The van der Waals surface area contributed by atoms with Gasteiger partial charge in [-0.05, 0) is 55.8 Å². The molecule has 0 spiro atoms. The number of halogens is 1. The molecule has 0 aliphatic heterocycles. The van der Waals surface area contributed by atoms with Gasteiger partial charge in [0.1, 0.15) is 0 Å². The fourth-order valence-electron chi connectivity index (χ4n) is 3.23. The maximum Gasteiger partial charge on any atom is 0.0438 e. The zero-order valence-corrected chi connectivity index (χ0v) is 12.4. The van der Waals surface area contributed by atoms with Crippen molar-refractivity contribution in [2.45, 2.75) is 45.6 Å². The van der Waals surface area contributed by atoms with Crippen LogP contribution in [-0.4, -0.2) is 7.05 Å². The average Bonchev–Trinajstić information content (AvgIpc) is 2.37. The molecular weight excluding hydrogens is 242 g/mol. The second-order valence-corrected chi connectivity index (χ2v) is 6.15. The maximum atomic E-state index is 6.25. The van der Waals surface area contributed by atoms with Crippen LogP contribution >= 0.6 is 11.6 Å². The van der Waals surface area contributed by atoms with Gasteiger partial charge in [-0.15, -0.1) is 0 Å². The molecule has 1 aliphatic carbocycles. The summed E-state index contributed by atoms with van der Waals surface area (Å²) < 4.78 is 0. The Labute approximate surface area is 116 Å². The number of benzene rings is 1. The monoisotopic (exact) mass is 265 g/mol. The van der Waals surface area contributed by atoms with E-state index in [9.17, 15) is 0 Å². The van der Waals surface area contributed by atoms with E-state index in [1.165, 1.54) is 36.8 Å². The van der Waals surface area contributed by atoms with E-state index in [4.69, 9.17) is 11.6 Å². The summed E-state index contributed by atoms with van der Waals surface area (Å²) in [5.74, 6) is 1.66. The van der Waals surface area contributed by atoms with Crippen molar-refractivity contribution in [2.75, 3.05) is 7.05 Å². The molecule has 0 radical (unpaired) electrons. The van der Waals surface area contributed by atoms with Crippen molar-refractivity contribution in [3.63, 3.8) is 0 Å². The minimum atomic E-state index is 0.455. The maximum absolute atomic E-state index is 6.25. The van der Waals surface area contributed by atoms with Crippen molar-refractivity contribution >= 4 is 11.6 Å². The molecule has 2 heteroatoms. The van der Waals surface area contributed by atoms with Crippen LogP contribution < -0.4 is 5.32 Å². The highest BCUT2D eigenvalue weighted by atomic mass is 35.5. The highest BCUT2D eigenvalue weighted by Crippen LogP contribution is 2.38. The summed E-state index contributed by atoms with van der Waals surface area (Å²) in [5, 5.41) is 4.40. The molecule has 1 saturated carbocycles. The van der Waals surface area contributed by atoms with E-state index in [-0.39, 0.29) is 0 Å². The molecule has 1 aromatic rings. The fourth-order valence-corrected chi connectivity index (χ4v) is 3.41. The van der Waals surface area contributed by atoms with Crippen LogP contribution in [0.5, 0.6) is 0 Å². The second kappa shape index (κ2) is 6.08. The lowest BCUT2D eigenvalue weighted by molar-refractivity contribution is 0.237. The Balaban J connectivity index is 2.20. The third kappa shape index (κ3) is 2.89. The normalized spacial score (nSPS) is 26.0. The van der Waals surface area contributed by atoms with E-state index >= 15 is 0 Å². The van der Waals surface area contributed by atoms with Crippen LogP contribution in [0.25, 0.3) is 0 Å². The molecule has 1 N–H and O–H groups in total. The van der Waals surface area contributed by atoms with Crippen molar-refractivity contribution in [3.8, 4) is 0 Å². The van der Waals surface area contributed by atoms with E-state index < -0.39 is 0 Å². The van der Waals surface area contributed by atoms with Crippen LogP contribution in [0.2, 0.25) is 5.02 Å². The van der Waals surface area contributed by atoms with Gasteiger partial charge in [0.2, 0.25) is 0 Å². The Bertz CT molecular complexity index is 394. The minimum Gasteiger partial charge on any atom is -0.313 e. The lowest BCUT2D eigenvalue weighted by Crippen LogP contribution is -2.29. The zero-order chi connectivity index (χ0) is 13.1. The van der Waals surface area contributed by atoms with Crippen LogP contribution in [0, 0.1) is 18.8 Å². The molecule has 100 valence electrons. The molecule has 0 saturated heterocycles. The summed E-state index contributed by atoms with van der Waals surface area (Å²) >= 11 is 6.25. The Morgan fingerprint density at radius 1 is 1.22 bits per heavy atom. The molecule has 0 amide bonds. The summed E-state index contributed by atoms with van der Waals surface area (Å²) in [6.45, 7) is 4.50. The summed E-state index contributed by atoms with van der Waals surface area (Å²) in [6.07, 6.45) is 5.39. The molecule has 1 aromatic carbocycles. The predicted octanol–water partition coefficient (Wildman–Crippen LogP) is 4.74. The van der Waals surface area contributed by atoms with Gasteiger partial charge in [-0.2, -0.15) is 0 Å². The van der Waals surface area contributed by atoms with E-state index in [0.29, 0.717) is 6.04 Å². The Kier molecular flexibility index (Phi) is 4.69. The van der Waals surface area contributed by atoms with Gasteiger partial charge in [0.25, 0.3) is 0 Å². The lowest BCUT2D eigenvalue weighted by Gasteiger charge is -2.33. The van der Waals surface area contributed by atoms with E-state index in [2.05, 4.69) is 38.3 Å². The standard InChI is InChI=1S/C16H24ClN/c1-11-7-9-13(10-8-11)16(18-3)14-5-4-6-15(17)12(14)2/h4-6,11,13,16,18H,7-10H2,1-3H3. The SMILES string of the molecule is CNC(c1cccc(Cl)c1C)C1CCC(C)CC1. The first-order valence-electron chi connectivity index (χ1n) is 7.05. The molecule has 1 aliphatic rings. The van der Waals surface area contributed by atoms with E-state index in [0.717, 1.165) is 16.9 Å². The Morgan fingerprint density at radius 2 is 1.89 bits per heavy atom. The largest absolute Gasteiger partial charge is 0.313 e. The first kappa shape index (κ1) is 13.9. The van der Waals surface area contributed by atoms with Gasteiger partial charge in [0.05, 0.1) is 0 Å². The molecule has 0 bridgehead atoms.